The second kappa shape index (κ2) is 9.00. The van der Waals surface area contributed by atoms with Gasteiger partial charge in [-0.1, -0.05) is 13.8 Å². The molecule has 0 aliphatic heterocycles. The third-order valence-electron chi connectivity index (χ3n) is 3.25. The zero-order valence-corrected chi connectivity index (χ0v) is 11.9. The van der Waals surface area contributed by atoms with Gasteiger partial charge in [0.2, 0.25) is 0 Å². The topological polar surface area (TPSA) is 41.0 Å². The molecule has 1 unspecified atom stereocenters. The first-order chi connectivity index (χ1) is 8.76. The summed E-state index contributed by atoms with van der Waals surface area (Å²) in [6.07, 6.45) is 7.71. The molecular weight excluding hydrogens is 224 g/mol. The van der Waals surface area contributed by atoms with E-state index in [1.165, 1.54) is 19.4 Å². The Balaban J connectivity index is 2.12. The van der Waals surface area contributed by atoms with Crippen LogP contribution < -0.4 is 5.32 Å². The first-order valence-corrected chi connectivity index (χ1v) is 6.96. The van der Waals surface area contributed by atoms with E-state index in [4.69, 9.17) is 0 Å². The SMILES string of the molecule is CCN(CC)CCCC(C)NCc1cnccn1. The molecule has 0 radical (unpaired) electrons. The van der Waals surface area contributed by atoms with Crippen molar-refractivity contribution in [3.63, 3.8) is 0 Å². The Morgan fingerprint density at radius 3 is 2.67 bits per heavy atom. The quantitative estimate of drug-likeness (QED) is 0.728. The summed E-state index contributed by atoms with van der Waals surface area (Å²) in [5.74, 6) is 0. The van der Waals surface area contributed by atoms with Crippen LogP contribution in [-0.4, -0.2) is 40.5 Å². The van der Waals surface area contributed by atoms with Gasteiger partial charge in [-0.15, -0.1) is 0 Å². The number of hydrogen-bond donors (Lipinski definition) is 1. The highest BCUT2D eigenvalue weighted by atomic mass is 15.1. The molecule has 1 aromatic rings. The Kier molecular flexibility index (Phi) is 7.53. The van der Waals surface area contributed by atoms with E-state index < -0.39 is 0 Å². The van der Waals surface area contributed by atoms with E-state index in [1.807, 2.05) is 6.20 Å². The van der Waals surface area contributed by atoms with Gasteiger partial charge in [0.05, 0.1) is 5.69 Å². The van der Waals surface area contributed by atoms with Crippen LogP contribution in [-0.2, 0) is 6.54 Å². The first-order valence-electron chi connectivity index (χ1n) is 6.96. The molecule has 0 fully saturated rings. The monoisotopic (exact) mass is 250 g/mol. The van der Waals surface area contributed by atoms with Crippen LogP contribution >= 0.6 is 0 Å². The minimum atomic E-state index is 0.530. The summed E-state index contributed by atoms with van der Waals surface area (Å²) < 4.78 is 0. The van der Waals surface area contributed by atoms with Gasteiger partial charge in [-0.2, -0.15) is 0 Å². The molecule has 102 valence electrons. The Hall–Kier alpha value is -1.00. The fourth-order valence-electron chi connectivity index (χ4n) is 1.96. The summed E-state index contributed by atoms with van der Waals surface area (Å²) in [6, 6.07) is 0.530. The van der Waals surface area contributed by atoms with Gasteiger partial charge in [-0.25, -0.2) is 0 Å². The van der Waals surface area contributed by atoms with E-state index >= 15 is 0 Å². The van der Waals surface area contributed by atoms with Crippen molar-refractivity contribution >= 4 is 0 Å². The molecule has 4 nitrogen and oxygen atoms in total. The maximum Gasteiger partial charge on any atom is 0.0724 e. The molecule has 0 aliphatic carbocycles. The van der Waals surface area contributed by atoms with Gasteiger partial charge < -0.3 is 10.2 Å². The highest BCUT2D eigenvalue weighted by Crippen LogP contribution is 2.00. The molecule has 4 heteroatoms. The Morgan fingerprint density at radius 1 is 1.28 bits per heavy atom. The lowest BCUT2D eigenvalue weighted by atomic mass is 10.1. The largest absolute Gasteiger partial charge is 0.309 e. The minimum Gasteiger partial charge on any atom is -0.309 e. The van der Waals surface area contributed by atoms with Crippen molar-refractivity contribution < 1.29 is 0 Å². The van der Waals surface area contributed by atoms with Crippen molar-refractivity contribution in [3.8, 4) is 0 Å². The number of nitrogens with one attached hydrogen (secondary N) is 1. The highest BCUT2D eigenvalue weighted by Gasteiger charge is 2.04. The fraction of sp³-hybridized carbons (Fsp3) is 0.714. The van der Waals surface area contributed by atoms with E-state index in [9.17, 15) is 0 Å². The maximum atomic E-state index is 4.25. The lowest BCUT2D eigenvalue weighted by molar-refractivity contribution is 0.290. The predicted molar refractivity (Wildman–Crippen MR) is 75.4 cm³/mol. The van der Waals surface area contributed by atoms with Gasteiger partial charge in [0.1, 0.15) is 0 Å². The van der Waals surface area contributed by atoms with Crippen molar-refractivity contribution in [2.24, 2.45) is 0 Å². The van der Waals surface area contributed by atoms with E-state index in [-0.39, 0.29) is 0 Å². The minimum absolute atomic E-state index is 0.530. The molecule has 1 rings (SSSR count). The number of rotatable bonds is 9. The molecular formula is C14H26N4. The van der Waals surface area contributed by atoms with E-state index in [0.717, 1.165) is 25.3 Å². The van der Waals surface area contributed by atoms with Gasteiger partial charge in [-0.3, -0.25) is 9.97 Å². The third-order valence-corrected chi connectivity index (χ3v) is 3.25. The zero-order chi connectivity index (χ0) is 13.2. The van der Waals surface area contributed by atoms with Gasteiger partial charge >= 0.3 is 0 Å². The number of nitrogens with zero attached hydrogens (tertiary/aromatic N) is 3. The van der Waals surface area contributed by atoms with Crippen LogP contribution in [0.4, 0.5) is 0 Å². The lowest BCUT2D eigenvalue weighted by Gasteiger charge is -2.19. The molecule has 0 aliphatic rings. The average Bonchev–Trinajstić information content (AvgIpc) is 2.42. The van der Waals surface area contributed by atoms with E-state index in [1.54, 1.807) is 12.4 Å². The second-order valence-electron chi connectivity index (χ2n) is 4.65. The maximum absolute atomic E-state index is 4.25. The van der Waals surface area contributed by atoms with Gasteiger partial charge in [0, 0.05) is 31.2 Å². The summed E-state index contributed by atoms with van der Waals surface area (Å²) in [5, 5.41) is 3.49. The smallest absolute Gasteiger partial charge is 0.0724 e. The Bertz CT molecular complexity index is 298. The molecule has 0 amide bonds. The number of hydrogen-bond acceptors (Lipinski definition) is 4. The summed E-state index contributed by atoms with van der Waals surface area (Å²) in [6.45, 7) is 11.0. The van der Waals surface area contributed by atoms with Crippen LogP contribution in [0, 0.1) is 0 Å². The van der Waals surface area contributed by atoms with Crippen molar-refractivity contribution in [2.45, 2.75) is 46.2 Å². The molecule has 1 heterocycles. The zero-order valence-electron chi connectivity index (χ0n) is 11.9. The molecule has 18 heavy (non-hydrogen) atoms. The average molecular weight is 250 g/mol. The summed E-state index contributed by atoms with van der Waals surface area (Å²) in [5.41, 5.74) is 1.01. The van der Waals surface area contributed by atoms with Crippen LogP contribution in [0.5, 0.6) is 0 Å². The van der Waals surface area contributed by atoms with Gasteiger partial charge in [-0.05, 0) is 39.4 Å². The molecule has 1 aromatic heterocycles. The molecule has 0 saturated carbocycles. The molecule has 1 atom stereocenters. The van der Waals surface area contributed by atoms with E-state index in [2.05, 4.69) is 41.0 Å². The highest BCUT2D eigenvalue weighted by molar-refractivity contribution is 4.93. The first kappa shape index (κ1) is 15.1. The predicted octanol–water partition coefficient (Wildman–Crippen LogP) is 2.08. The van der Waals surface area contributed by atoms with Gasteiger partial charge in [0.15, 0.2) is 0 Å². The van der Waals surface area contributed by atoms with Gasteiger partial charge in [0.25, 0.3) is 0 Å². The van der Waals surface area contributed by atoms with Crippen molar-refractivity contribution in [2.75, 3.05) is 19.6 Å². The lowest BCUT2D eigenvalue weighted by Crippen LogP contribution is -2.29. The second-order valence-corrected chi connectivity index (χ2v) is 4.65. The van der Waals surface area contributed by atoms with Crippen molar-refractivity contribution in [1.29, 1.82) is 0 Å². The van der Waals surface area contributed by atoms with Crippen LogP contribution in [0.3, 0.4) is 0 Å². The van der Waals surface area contributed by atoms with Crippen molar-refractivity contribution in [1.82, 2.24) is 20.2 Å². The third kappa shape index (κ3) is 6.07. The van der Waals surface area contributed by atoms with Crippen LogP contribution in [0.1, 0.15) is 39.3 Å². The molecule has 0 aromatic carbocycles. The number of aromatic nitrogens is 2. The molecule has 0 spiro atoms. The molecule has 0 bridgehead atoms. The van der Waals surface area contributed by atoms with Crippen LogP contribution in [0.15, 0.2) is 18.6 Å². The normalized spacial score (nSPS) is 12.9. The van der Waals surface area contributed by atoms with E-state index in [0.29, 0.717) is 6.04 Å². The van der Waals surface area contributed by atoms with Crippen LogP contribution in [0.25, 0.3) is 0 Å². The van der Waals surface area contributed by atoms with Crippen LogP contribution in [0.2, 0.25) is 0 Å². The molecule has 0 saturated heterocycles. The Labute approximate surface area is 111 Å². The van der Waals surface area contributed by atoms with Crippen molar-refractivity contribution in [3.05, 3.63) is 24.3 Å². The summed E-state index contributed by atoms with van der Waals surface area (Å²) in [7, 11) is 0. The Morgan fingerprint density at radius 2 is 2.06 bits per heavy atom. The summed E-state index contributed by atoms with van der Waals surface area (Å²) in [4.78, 5) is 10.8. The standard InChI is InChI=1S/C14H26N4/c1-4-18(5-2)10-6-7-13(3)17-12-14-11-15-8-9-16-14/h8-9,11,13,17H,4-7,10,12H2,1-3H3. The fourth-order valence-corrected chi connectivity index (χ4v) is 1.96. The summed E-state index contributed by atoms with van der Waals surface area (Å²) >= 11 is 0. The molecule has 1 N–H and O–H groups in total.